The van der Waals surface area contributed by atoms with E-state index in [0.717, 1.165) is 51.4 Å². The molecule has 0 amide bonds. The molecule has 3 fully saturated rings. The Morgan fingerprint density at radius 1 is 1.02 bits per heavy atom. The van der Waals surface area contributed by atoms with Gasteiger partial charge >= 0.3 is 0 Å². The molecule has 1 aromatic carbocycles. The van der Waals surface area contributed by atoms with Crippen LogP contribution in [-0.2, 0) is 10.0 Å². The molecule has 3 saturated carbocycles. The second-order valence-electron chi connectivity index (χ2n) is 12.7. The molecule has 12 heteroatoms. The molecular weight excluding hydrogens is 557 g/mol. The van der Waals surface area contributed by atoms with Crippen LogP contribution in [0.25, 0.3) is 22.4 Å². The zero-order valence-electron chi connectivity index (χ0n) is 24.7. The highest BCUT2D eigenvalue weighted by atomic mass is 32.2. The summed E-state index contributed by atoms with van der Waals surface area (Å²) in [4.78, 5) is 29.6. The van der Waals surface area contributed by atoms with Crippen LogP contribution in [0.3, 0.4) is 0 Å². The summed E-state index contributed by atoms with van der Waals surface area (Å²) in [5.41, 5.74) is 0.630. The Balaban J connectivity index is 1.26. The average Bonchev–Trinajstić information content (AvgIpc) is 3.70. The van der Waals surface area contributed by atoms with Crippen LogP contribution in [0.5, 0.6) is 0 Å². The van der Waals surface area contributed by atoms with Crippen molar-refractivity contribution >= 4 is 32.8 Å². The Morgan fingerprint density at radius 3 is 2.33 bits per heavy atom. The molecule has 0 bridgehead atoms. The van der Waals surface area contributed by atoms with E-state index in [1.165, 1.54) is 18.2 Å². The molecule has 226 valence electrons. The lowest BCUT2D eigenvalue weighted by molar-refractivity contribution is 0.221. The molecule has 2 N–H and O–H groups in total. The van der Waals surface area contributed by atoms with Crippen molar-refractivity contribution in [2.45, 2.75) is 88.6 Å². The maximum Gasteiger partial charge on any atom is 0.278 e. The largest absolute Gasteiger partial charge is 0.351 e. The number of halogens is 1. The molecule has 0 saturated heterocycles. The highest BCUT2D eigenvalue weighted by molar-refractivity contribution is 7.93. The molecule has 3 aliphatic carbocycles. The molecule has 2 heterocycles. The van der Waals surface area contributed by atoms with Crippen LogP contribution in [0.4, 0.5) is 16.0 Å². The second-order valence-corrected chi connectivity index (χ2v) is 14.5. The lowest BCUT2D eigenvalue weighted by Gasteiger charge is -2.32. The maximum absolute atomic E-state index is 15.3. The number of hydrogen-bond acceptors (Lipinski definition) is 8. The number of rotatable bonds is 8. The van der Waals surface area contributed by atoms with E-state index in [2.05, 4.69) is 44.0 Å². The number of nitrogens with one attached hydrogen (secondary N) is 2. The Morgan fingerprint density at radius 2 is 1.71 bits per heavy atom. The first-order chi connectivity index (χ1) is 20.0. The third kappa shape index (κ3) is 5.50. The van der Waals surface area contributed by atoms with Crippen molar-refractivity contribution < 1.29 is 12.8 Å². The van der Waals surface area contributed by atoms with Gasteiger partial charge in [-0.2, -0.15) is 4.98 Å². The molecular formula is C30H40FN7O3S. The number of benzene rings is 1. The minimum absolute atomic E-state index is 0.0593. The van der Waals surface area contributed by atoms with E-state index < -0.39 is 26.6 Å². The van der Waals surface area contributed by atoms with Crippen LogP contribution in [0, 0.1) is 17.7 Å². The fraction of sp³-hybridized carbons (Fsp3) is 0.600. The van der Waals surface area contributed by atoms with Crippen LogP contribution >= 0.6 is 0 Å². The van der Waals surface area contributed by atoms with Crippen LogP contribution in [0.2, 0.25) is 0 Å². The highest BCUT2D eigenvalue weighted by Gasteiger charge is 2.58. The summed E-state index contributed by atoms with van der Waals surface area (Å²) in [7, 11) is 0.529. The maximum atomic E-state index is 15.3. The van der Waals surface area contributed by atoms with Gasteiger partial charge in [0, 0.05) is 23.7 Å². The van der Waals surface area contributed by atoms with Gasteiger partial charge in [0.05, 0.1) is 17.1 Å². The molecule has 3 aromatic rings. The standard InChI is InChI=1S/C30H40FN7O3S/c1-17(2)38-28-25(16-32-30(35-28)33-19-10-12-20(13-11-19)37(3)4)34-26(29(38)39)18-9-14-24(23(31)15-18)36-42(40,41)27-21-7-5-6-8-22(21)27/h9,14-17,19-22,27,36H,5-8,10-13H2,1-4H3,(H,32,33,35). The third-order valence-corrected chi connectivity index (χ3v) is 11.3. The average molecular weight is 598 g/mol. The van der Waals surface area contributed by atoms with E-state index >= 15 is 4.39 Å². The van der Waals surface area contributed by atoms with E-state index in [1.54, 1.807) is 10.8 Å². The predicted octanol–water partition coefficient (Wildman–Crippen LogP) is 4.79. The normalized spacial score (nSPS) is 25.9. The van der Waals surface area contributed by atoms with Crippen molar-refractivity contribution in [1.29, 1.82) is 0 Å². The van der Waals surface area contributed by atoms with Gasteiger partial charge in [-0.15, -0.1) is 0 Å². The second kappa shape index (κ2) is 11.2. The van der Waals surface area contributed by atoms with Crippen molar-refractivity contribution in [1.82, 2.24) is 24.4 Å². The number of anilines is 2. The summed E-state index contributed by atoms with van der Waals surface area (Å²) < 4.78 is 45.3. The number of nitrogens with zero attached hydrogens (tertiary/aromatic N) is 5. The first kappa shape index (κ1) is 29.0. The zero-order chi connectivity index (χ0) is 29.8. The smallest absolute Gasteiger partial charge is 0.278 e. The number of hydrogen-bond donors (Lipinski definition) is 2. The molecule has 0 aliphatic heterocycles. The Hall–Kier alpha value is -3.12. The van der Waals surface area contributed by atoms with Gasteiger partial charge in [0.1, 0.15) is 17.0 Å². The van der Waals surface area contributed by atoms with Crippen molar-refractivity contribution in [3.63, 3.8) is 0 Å². The summed E-state index contributed by atoms with van der Waals surface area (Å²) in [5, 5.41) is 2.98. The predicted molar refractivity (Wildman–Crippen MR) is 163 cm³/mol. The SMILES string of the molecule is CC(C)n1c(=O)c(-c2ccc(NS(=O)(=O)C3C4CCCCC43)c(F)c2)nc2cnc(NC3CCC(N(C)C)CC3)nc21. The van der Waals surface area contributed by atoms with Gasteiger partial charge in [-0.3, -0.25) is 14.1 Å². The van der Waals surface area contributed by atoms with Crippen molar-refractivity contribution in [3.05, 3.63) is 40.6 Å². The fourth-order valence-corrected chi connectivity index (χ4v) is 9.12. The minimum atomic E-state index is -3.70. The van der Waals surface area contributed by atoms with Crippen LogP contribution in [0.15, 0.2) is 29.2 Å². The van der Waals surface area contributed by atoms with E-state index in [9.17, 15) is 13.2 Å². The van der Waals surface area contributed by atoms with E-state index in [0.29, 0.717) is 23.2 Å². The van der Waals surface area contributed by atoms with Crippen molar-refractivity contribution in [3.8, 4) is 11.3 Å². The molecule has 2 unspecified atom stereocenters. The molecule has 3 aliphatic rings. The van der Waals surface area contributed by atoms with E-state index in [-0.39, 0.29) is 40.9 Å². The monoisotopic (exact) mass is 597 g/mol. The molecule has 10 nitrogen and oxygen atoms in total. The lowest BCUT2D eigenvalue weighted by Crippen LogP contribution is -2.36. The minimum Gasteiger partial charge on any atom is -0.351 e. The summed E-state index contributed by atoms with van der Waals surface area (Å²) in [6.45, 7) is 3.77. The first-order valence-electron chi connectivity index (χ1n) is 15.1. The lowest BCUT2D eigenvalue weighted by atomic mass is 9.91. The Bertz CT molecular complexity index is 1640. The van der Waals surface area contributed by atoms with Crippen molar-refractivity contribution in [2.24, 2.45) is 11.8 Å². The molecule has 42 heavy (non-hydrogen) atoms. The summed E-state index contributed by atoms with van der Waals surface area (Å²) in [5.74, 6) is 0.0473. The first-order valence-corrected chi connectivity index (χ1v) is 16.6. The number of fused-ring (bicyclic) bond motifs is 2. The summed E-state index contributed by atoms with van der Waals surface area (Å²) in [6.07, 6.45) is 9.71. The highest BCUT2D eigenvalue weighted by Crippen LogP contribution is 2.54. The van der Waals surface area contributed by atoms with Crippen LogP contribution < -0.4 is 15.6 Å². The molecule has 0 radical (unpaired) electrons. The molecule has 2 atom stereocenters. The van der Waals surface area contributed by atoms with Crippen LogP contribution in [0.1, 0.15) is 71.3 Å². The van der Waals surface area contributed by atoms with Gasteiger partial charge in [-0.1, -0.05) is 18.9 Å². The quantitative estimate of drug-likeness (QED) is 0.380. The van der Waals surface area contributed by atoms with E-state index in [4.69, 9.17) is 0 Å². The zero-order valence-corrected chi connectivity index (χ0v) is 25.5. The molecule has 2 aromatic heterocycles. The summed E-state index contributed by atoms with van der Waals surface area (Å²) >= 11 is 0. The van der Waals surface area contributed by atoms with Gasteiger partial charge in [0.25, 0.3) is 5.56 Å². The Labute approximate surface area is 246 Å². The molecule has 6 rings (SSSR count). The van der Waals surface area contributed by atoms with Gasteiger partial charge in [-0.25, -0.2) is 22.8 Å². The Kier molecular flexibility index (Phi) is 7.71. The topological polar surface area (TPSA) is 122 Å². The van der Waals surface area contributed by atoms with E-state index in [1.807, 2.05) is 13.8 Å². The van der Waals surface area contributed by atoms with Gasteiger partial charge in [0.2, 0.25) is 16.0 Å². The van der Waals surface area contributed by atoms with Crippen LogP contribution in [-0.4, -0.2) is 64.3 Å². The van der Waals surface area contributed by atoms with Gasteiger partial charge in [0.15, 0.2) is 5.65 Å². The molecule has 0 spiro atoms. The number of sulfonamides is 1. The van der Waals surface area contributed by atoms with Crippen molar-refractivity contribution in [2.75, 3.05) is 24.1 Å². The number of aromatic nitrogens is 4. The summed E-state index contributed by atoms with van der Waals surface area (Å²) in [6, 6.07) is 4.66. The van der Waals surface area contributed by atoms with Gasteiger partial charge in [-0.05, 0) is 90.4 Å². The third-order valence-electron chi connectivity index (χ3n) is 9.34. The fourth-order valence-electron chi connectivity index (χ4n) is 7.01. The van der Waals surface area contributed by atoms with Gasteiger partial charge < -0.3 is 10.2 Å².